The van der Waals surface area contributed by atoms with E-state index in [-0.39, 0.29) is 11.9 Å². The zero-order valence-electron chi connectivity index (χ0n) is 8.14. The number of hydrogen-bond acceptors (Lipinski definition) is 5. The number of rotatable bonds is 2. The van der Waals surface area contributed by atoms with Gasteiger partial charge < -0.3 is 10.1 Å². The van der Waals surface area contributed by atoms with Crippen LogP contribution in [0.3, 0.4) is 0 Å². The molecule has 2 heterocycles. The first kappa shape index (κ1) is 10.0. The van der Waals surface area contributed by atoms with E-state index >= 15 is 0 Å². The number of anilines is 1. The summed E-state index contributed by atoms with van der Waals surface area (Å²) in [6.45, 7) is 1.72. The summed E-state index contributed by atoms with van der Waals surface area (Å²) in [5.41, 5.74) is 0. The average Bonchev–Trinajstić information content (AvgIpc) is 2.31. The standard InChI is InChI=1S/C9H12N4O2/c14-8(7-6-15-5-4-10-7)13-9-11-2-1-3-12-9/h1-3,7,10H,4-6H2,(H,11,12,13,14). The highest BCUT2D eigenvalue weighted by molar-refractivity contribution is 5.93. The topological polar surface area (TPSA) is 76.1 Å². The summed E-state index contributed by atoms with van der Waals surface area (Å²) in [4.78, 5) is 19.4. The molecule has 0 spiro atoms. The molecule has 1 unspecified atom stereocenters. The highest BCUT2D eigenvalue weighted by atomic mass is 16.5. The minimum atomic E-state index is -0.317. The molecule has 0 aliphatic carbocycles. The lowest BCUT2D eigenvalue weighted by Gasteiger charge is -2.22. The smallest absolute Gasteiger partial charge is 0.246 e. The fourth-order valence-corrected chi connectivity index (χ4v) is 1.29. The van der Waals surface area contributed by atoms with Crippen molar-refractivity contribution >= 4 is 11.9 Å². The van der Waals surface area contributed by atoms with E-state index in [0.717, 1.165) is 0 Å². The predicted octanol–water partition coefficient (Wildman–Crippen LogP) is -0.597. The molecule has 2 N–H and O–H groups in total. The number of carbonyl (C=O) groups is 1. The maximum Gasteiger partial charge on any atom is 0.246 e. The van der Waals surface area contributed by atoms with Crippen molar-refractivity contribution in [2.45, 2.75) is 6.04 Å². The van der Waals surface area contributed by atoms with Crippen molar-refractivity contribution < 1.29 is 9.53 Å². The third-order valence-corrected chi connectivity index (χ3v) is 2.04. The van der Waals surface area contributed by atoms with E-state index in [1.54, 1.807) is 18.5 Å². The number of morpholine rings is 1. The van der Waals surface area contributed by atoms with Gasteiger partial charge in [-0.15, -0.1) is 0 Å². The lowest BCUT2D eigenvalue weighted by molar-refractivity contribution is -0.120. The molecule has 80 valence electrons. The Morgan fingerprint density at radius 2 is 2.33 bits per heavy atom. The Labute approximate surface area is 87.1 Å². The second-order valence-electron chi connectivity index (χ2n) is 3.14. The normalized spacial score (nSPS) is 20.9. The molecule has 1 aromatic heterocycles. The number of amides is 1. The summed E-state index contributed by atoms with van der Waals surface area (Å²) in [6.07, 6.45) is 3.15. The first-order valence-corrected chi connectivity index (χ1v) is 4.75. The highest BCUT2D eigenvalue weighted by Crippen LogP contribution is 1.99. The maximum absolute atomic E-state index is 11.6. The van der Waals surface area contributed by atoms with Gasteiger partial charge >= 0.3 is 0 Å². The molecule has 1 saturated heterocycles. The molecule has 6 heteroatoms. The van der Waals surface area contributed by atoms with E-state index in [0.29, 0.717) is 25.7 Å². The number of nitrogens with zero attached hydrogens (tertiary/aromatic N) is 2. The summed E-state index contributed by atoms with van der Waals surface area (Å²) in [7, 11) is 0. The summed E-state index contributed by atoms with van der Waals surface area (Å²) < 4.78 is 5.18. The number of nitrogens with one attached hydrogen (secondary N) is 2. The van der Waals surface area contributed by atoms with Gasteiger partial charge in [0.25, 0.3) is 0 Å². The zero-order chi connectivity index (χ0) is 10.5. The van der Waals surface area contributed by atoms with Gasteiger partial charge in [-0.05, 0) is 6.07 Å². The zero-order valence-corrected chi connectivity index (χ0v) is 8.14. The van der Waals surface area contributed by atoms with Gasteiger partial charge in [-0.2, -0.15) is 0 Å². The lowest BCUT2D eigenvalue weighted by atomic mass is 10.2. The third kappa shape index (κ3) is 2.71. The molecule has 2 rings (SSSR count). The van der Waals surface area contributed by atoms with Gasteiger partial charge in [-0.1, -0.05) is 0 Å². The van der Waals surface area contributed by atoms with Gasteiger partial charge in [0.05, 0.1) is 13.2 Å². The molecule has 15 heavy (non-hydrogen) atoms. The van der Waals surface area contributed by atoms with Crippen molar-refractivity contribution in [3.8, 4) is 0 Å². The molecule has 1 aromatic rings. The Bertz CT molecular complexity index is 324. The van der Waals surface area contributed by atoms with Crippen molar-refractivity contribution in [1.29, 1.82) is 0 Å². The predicted molar refractivity (Wildman–Crippen MR) is 53.3 cm³/mol. The van der Waals surface area contributed by atoms with Crippen molar-refractivity contribution in [2.75, 3.05) is 25.1 Å². The van der Waals surface area contributed by atoms with Crippen LogP contribution < -0.4 is 10.6 Å². The van der Waals surface area contributed by atoms with Crippen LogP contribution in [0.25, 0.3) is 0 Å². The van der Waals surface area contributed by atoms with Crippen LogP contribution in [0.15, 0.2) is 18.5 Å². The molecule has 0 radical (unpaired) electrons. The highest BCUT2D eigenvalue weighted by Gasteiger charge is 2.21. The summed E-state index contributed by atoms with van der Waals surface area (Å²) >= 11 is 0. The number of hydrogen-bond donors (Lipinski definition) is 2. The van der Waals surface area contributed by atoms with E-state index in [2.05, 4.69) is 20.6 Å². The van der Waals surface area contributed by atoms with E-state index in [1.165, 1.54) is 0 Å². The van der Waals surface area contributed by atoms with Gasteiger partial charge in [0.15, 0.2) is 0 Å². The lowest BCUT2D eigenvalue weighted by Crippen LogP contribution is -2.49. The monoisotopic (exact) mass is 208 g/mol. The molecule has 1 amide bonds. The molecule has 1 aliphatic rings. The minimum Gasteiger partial charge on any atom is -0.378 e. The number of carbonyl (C=O) groups excluding carboxylic acids is 1. The molecule has 1 atom stereocenters. The fraction of sp³-hybridized carbons (Fsp3) is 0.444. The summed E-state index contributed by atoms with van der Waals surface area (Å²) in [6, 6.07) is 1.38. The molecule has 0 saturated carbocycles. The van der Waals surface area contributed by atoms with Crippen LogP contribution in [0.4, 0.5) is 5.95 Å². The van der Waals surface area contributed by atoms with Crippen LogP contribution in [0.1, 0.15) is 0 Å². The number of ether oxygens (including phenoxy) is 1. The Balaban J connectivity index is 1.91. The van der Waals surface area contributed by atoms with Crippen molar-refractivity contribution in [3.05, 3.63) is 18.5 Å². The van der Waals surface area contributed by atoms with Gasteiger partial charge in [0, 0.05) is 18.9 Å². The molecule has 0 aromatic carbocycles. The van der Waals surface area contributed by atoms with Crippen LogP contribution in [0.5, 0.6) is 0 Å². The van der Waals surface area contributed by atoms with Crippen molar-refractivity contribution in [1.82, 2.24) is 15.3 Å². The van der Waals surface area contributed by atoms with Gasteiger partial charge in [-0.25, -0.2) is 9.97 Å². The summed E-state index contributed by atoms with van der Waals surface area (Å²) in [5, 5.41) is 5.65. The van der Waals surface area contributed by atoms with Crippen LogP contribution in [-0.4, -0.2) is 41.7 Å². The van der Waals surface area contributed by atoms with Gasteiger partial charge in [0.1, 0.15) is 6.04 Å². The third-order valence-electron chi connectivity index (χ3n) is 2.04. The first-order valence-electron chi connectivity index (χ1n) is 4.75. The Morgan fingerprint density at radius 1 is 1.53 bits per heavy atom. The van der Waals surface area contributed by atoms with E-state index < -0.39 is 0 Å². The van der Waals surface area contributed by atoms with Crippen LogP contribution >= 0.6 is 0 Å². The van der Waals surface area contributed by atoms with Crippen LogP contribution in [0.2, 0.25) is 0 Å². The van der Waals surface area contributed by atoms with E-state index in [4.69, 9.17) is 4.74 Å². The molecule has 1 aliphatic heterocycles. The fourth-order valence-electron chi connectivity index (χ4n) is 1.29. The minimum absolute atomic E-state index is 0.166. The van der Waals surface area contributed by atoms with Crippen molar-refractivity contribution in [2.24, 2.45) is 0 Å². The maximum atomic E-state index is 11.6. The van der Waals surface area contributed by atoms with E-state index in [9.17, 15) is 4.79 Å². The Hall–Kier alpha value is -1.53. The molecular weight excluding hydrogens is 196 g/mol. The Kier molecular flexibility index (Phi) is 3.21. The van der Waals surface area contributed by atoms with Crippen molar-refractivity contribution in [3.63, 3.8) is 0 Å². The quantitative estimate of drug-likeness (QED) is 0.679. The van der Waals surface area contributed by atoms with E-state index in [1.807, 2.05) is 0 Å². The van der Waals surface area contributed by atoms with Crippen LogP contribution in [0, 0.1) is 0 Å². The molecule has 0 bridgehead atoms. The second-order valence-corrected chi connectivity index (χ2v) is 3.14. The van der Waals surface area contributed by atoms with Crippen LogP contribution in [-0.2, 0) is 9.53 Å². The summed E-state index contributed by atoms with van der Waals surface area (Å²) in [5.74, 6) is 0.149. The molecule has 6 nitrogen and oxygen atoms in total. The number of aromatic nitrogens is 2. The SMILES string of the molecule is O=C(Nc1ncccn1)C1COCCN1. The second kappa shape index (κ2) is 4.81. The average molecular weight is 208 g/mol. The molecular formula is C9H12N4O2. The molecule has 1 fully saturated rings. The first-order chi connectivity index (χ1) is 7.36. The van der Waals surface area contributed by atoms with Gasteiger partial charge in [0.2, 0.25) is 11.9 Å². The Morgan fingerprint density at radius 3 is 3.00 bits per heavy atom. The largest absolute Gasteiger partial charge is 0.378 e. The van der Waals surface area contributed by atoms with Gasteiger partial charge in [-0.3, -0.25) is 10.1 Å².